The van der Waals surface area contributed by atoms with Gasteiger partial charge in [-0.05, 0) is 24.6 Å². The normalized spacial score (nSPS) is 24.3. The van der Waals surface area contributed by atoms with Crippen LogP contribution in [0.4, 0.5) is 4.39 Å². The number of carbonyl (C=O) groups is 1. The lowest BCUT2D eigenvalue weighted by Gasteiger charge is -2.21. The third kappa shape index (κ3) is 1.76. The van der Waals surface area contributed by atoms with Gasteiger partial charge in [-0.3, -0.25) is 9.79 Å². The predicted octanol–water partition coefficient (Wildman–Crippen LogP) is 2.95. The minimum Gasteiger partial charge on any atom is -0.278 e. The fourth-order valence-electron chi connectivity index (χ4n) is 1.68. The number of benzene rings is 1. The fraction of sp³-hybridized carbons (Fsp3) is 0.273. The molecule has 5 heteroatoms. The lowest BCUT2D eigenvalue weighted by molar-refractivity contribution is -0.115. The molecule has 0 fully saturated rings. The van der Waals surface area contributed by atoms with E-state index in [4.69, 9.17) is 11.6 Å². The standard InChI is InChI=1S/C11H9ClFNOS/c1-7-14-11(6-16-7,10(12)15)8-4-2-3-5-9(8)13/h2-5H,6H2,1H3. The summed E-state index contributed by atoms with van der Waals surface area (Å²) in [5.41, 5.74) is -0.999. The molecule has 1 aliphatic heterocycles. The van der Waals surface area contributed by atoms with Crippen molar-refractivity contribution in [3.05, 3.63) is 35.6 Å². The second-order valence-corrected chi connectivity index (χ2v) is 5.04. The zero-order valence-corrected chi connectivity index (χ0v) is 10.1. The molecule has 0 saturated carbocycles. The van der Waals surface area contributed by atoms with Crippen molar-refractivity contribution < 1.29 is 9.18 Å². The minimum atomic E-state index is -1.25. The zero-order valence-electron chi connectivity index (χ0n) is 8.54. The van der Waals surface area contributed by atoms with Gasteiger partial charge in [0, 0.05) is 11.3 Å². The van der Waals surface area contributed by atoms with Gasteiger partial charge in [-0.25, -0.2) is 4.39 Å². The molecule has 0 aromatic heterocycles. The zero-order chi connectivity index (χ0) is 11.8. The molecule has 16 heavy (non-hydrogen) atoms. The lowest BCUT2D eigenvalue weighted by Crippen LogP contribution is -2.32. The number of carbonyl (C=O) groups excluding carboxylic acids is 1. The maximum atomic E-state index is 13.7. The third-order valence-electron chi connectivity index (χ3n) is 2.48. The van der Waals surface area contributed by atoms with Crippen molar-refractivity contribution in [2.45, 2.75) is 12.5 Å². The van der Waals surface area contributed by atoms with Crippen LogP contribution in [0, 0.1) is 5.82 Å². The van der Waals surface area contributed by atoms with E-state index in [-0.39, 0.29) is 5.56 Å². The molecule has 1 aromatic carbocycles. The highest BCUT2D eigenvalue weighted by atomic mass is 35.5. The van der Waals surface area contributed by atoms with Crippen molar-refractivity contribution in [1.82, 2.24) is 0 Å². The molecule has 0 bridgehead atoms. The molecule has 84 valence electrons. The van der Waals surface area contributed by atoms with E-state index in [9.17, 15) is 9.18 Å². The quantitative estimate of drug-likeness (QED) is 0.763. The summed E-state index contributed by atoms with van der Waals surface area (Å²) in [4.78, 5) is 15.8. The summed E-state index contributed by atoms with van der Waals surface area (Å²) < 4.78 is 13.7. The largest absolute Gasteiger partial charge is 0.278 e. The summed E-state index contributed by atoms with van der Waals surface area (Å²) in [6.45, 7) is 1.78. The second-order valence-electron chi connectivity index (χ2n) is 3.53. The maximum Gasteiger partial charge on any atom is 0.254 e. The van der Waals surface area contributed by atoms with Gasteiger partial charge in [0.15, 0.2) is 5.54 Å². The van der Waals surface area contributed by atoms with Crippen LogP contribution in [0.15, 0.2) is 29.3 Å². The number of hydrogen-bond donors (Lipinski definition) is 0. The average molecular weight is 258 g/mol. The van der Waals surface area contributed by atoms with E-state index in [0.717, 1.165) is 5.04 Å². The first-order chi connectivity index (χ1) is 7.56. The molecule has 2 rings (SSSR count). The van der Waals surface area contributed by atoms with Crippen molar-refractivity contribution in [2.24, 2.45) is 4.99 Å². The summed E-state index contributed by atoms with van der Waals surface area (Å²) in [5, 5.41) is 0.110. The van der Waals surface area contributed by atoms with Gasteiger partial charge in [-0.15, -0.1) is 11.8 Å². The topological polar surface area (TPSA) is 29.4 Å². The predicted molar refractivity (Wildman–Crippen MR) is 64.5 cm³/mol. The third-order valence-corrected chi connectivity index (χ3v) is 3.87. The van der Waals surface area contributed by atoms with E-state index in [1.807, 2.05) is 0 Å². The first-order valence-corrected chi connectivity index (χ1v) is 6.07. The SMILES string of the molecule is CC1=NC(C(=O)Cl)(c2ccccc2F)CS1. The minimum absolute atomic E-state index is 0.249. The van der Waals surface area contributed by atoms with E-state index < -0.39 is 16.6 Å². The van der Waals surface area contributed by atoms with Gasteiger partial charge in [0.05, 0.1) is 5.04 Å². The van der Waals surface area contributed by atoms with Crippen LogP contribution in [0.5, 0.6) is 0 Å². The fourth-order valence-corrected chi connectivity index (χ4v) is 2.96. The molecular formula is C11H9ClFNOS. The smallest absolute Gasteiger partial charge is 0.254 e. The Morgan fingerprint density at radius 1 is 1.56 bits per heavy atom. The molecule has 2 nitrogen and oxygen atoms in total. The van der Waals surface area contributed by atoms with E-state index in [0.29, 0.717) is 5.75 Å². The molecule has 1 aromatic rings. The van der Waals surface area contributed by atoms with E-state index >= 15 is 0 Å². The highest BCUT2D eigenvalue weighted by Crippen LogP contribution is 2.39. The lowest BCUT2D eigenvalue weighted by atomic mass is 9.93. The Morgan fingerprint density at radius 3 is 2.75 bits per heavy atom. The summed E-state index contributed by atoms with van der Waals surface area (Å²) >= 11 is 7.00. The van der Waals surface area contributed by atoms with Gasteiger partial charge in [0.1, 0.15) is 5.82 Å². The highest BCUT2D eigenvalue weighted by Gasteiger charge is 2.44. The molecule has 0 N–H and O–H groups in total. The van der Waals surface area contributed by atoms with Crippen LogP contribution in [-0.4, -0.2) is 16.0 Å². The van der Waals surface area contributed by atoms with Gasteiger partial charge < -0.3 is 0 Å². The Balaban J connectivity index is 2.59. The first kappa shape index (κ1) is 11.6. The molecule has 0 spiro atoms. The number of rotatable bonds is 2. The summed E-state index contributed by atoms with van der Waals surface area (Å²) in [5.74, 6) is -0.0854. The van der Waals surface area contributed by atoms with Crippen molar-refractivity contribution in [3.8, 4) is 0 Å². The average Bonchev–Trinajstić information content (AvgIpc) is 2.62. The molecule has 1 heterocycles. The van der Waals surface area contributed by atoms with Gasteiger partial charge in [-0.1, -0.05) is 18.2 Å². The van der Waals surface area contributed by atoms with E-state index in [2.05, 4.69) is 4.99 Å². The van der Waals surface area contributed by atoms with Crippen LogP contribution in [0.3, 0.4) is 0 Å². The Morgan fingerprint density at radius 2 is 2.25 bits per heavy atom. The van der Waals surface area contributed by atoms with Crippen molar-refractivity contribution >= 4 is 33.6 Å². The number of thioether (sulfide) groups is 1. The van der Waals surface area contributed by atoms with Gasteiger partial charge >= 0.3 is 0 Å². The maximum absolute atomic E-state index is 13.7. The molecule has 0 radical (unpaired) electrons. The van der Waals surface area contributed by atoms with E-state index in [1.54, 1.807) is 25.1 Å². The Labute approximate surface area is 102 Å². The molecule has 0 aliphatic carbocycles. The summed E-state index contributed by atoms with van der Waals surface area (Å²) in [6, 6.07) is 6.11. The Bertz CT molecular complexity index is 477. The van der Waals surface area contributed by atoms with Crippen molar-refractivity contribution in [1.29, 1.82) is 0 Å². The van der Waals surface area contributed by atoms with Crippen molar-refractivity contribution in [3.63, 3.8) is 0 Å². The molecule has 0 saturated heterocycles. The van der Waals surface area contributed by atoms with Crippen LogP contribution in [-0.2, 0) is 10.3 Å². The summed E-state index contributed by atoms with van der Waals surface area (Å²) in [6.07, 6.45) is 0. The van der Waals surface area contributed by atoms with Crippen molar-refractivity contribution in [2.75, 3.05) is 5.75 Å². The van der Waals surface area contributed by atoms with E-state index in [1.165, 1.54) is 17.8 Å². The first-order valence-electron chi connectivity index (χ1n) is 4.70. The van der Waals surface area contributed by atoms with Gasteiger partial charge in [0.2, 0.25) is 0 Å². The van der Waals surface area contributed by atoms with Crippen LogP contribution >= 0.6 is 23.4 Å². The van der Waals surface area contributed by atoms with Gasteiger partial charge in [0.25, 0.3) is 5.24 Å². The summed E-state index contributed by atoms with van der Waals surface area (Å²) in [7, 11) is 0. The Kier molecular flexibility index (Phi) is 3.04. The molecular weight excluding hydrogens is 249 g/mol. The van der Waals surface area contributed by atoms with Crippen LogP contribution in [0.2, 0.25) is 0 Å². The van der Waals surface area contributed by atoms with Gasteiger partial charge in [-0.2, -0.15) is 0 Å². The van der Waals surface area contributed by atoms with Crippen LogP contribution in [0.1, 0.15) is 12.5 Å². The number of halogens is 2. The Hall–Kier alpha value is -0.870. The number of aliphatic imine (C=N–C) groups is 1. The molecule has 1 unspecified atom stereocenters. The molecule has 1 aliphatic rings. The van der Waals surface area contributed by atoms with Crippen LogP contribution in [0.25, 0.3) is 0 Å². The number of hydrogen-bond acceptors (Lipinski definition) is 3. The van der Waals surface area contributed by atoms with Crippen LogP contribution < -0.4 is 0 Å². The second kappa shape index (κ2) is 4.18. The molecule has 1 atom stereocenters. The highest BCUT2D eigenvalue weighted by molar-refractivity contribution is 8.14. The number of nitrogens with zero attached hydrogens (tertiary/aromatic N) is 1. The monoisotopic (exact) mass is 257 g/mol. The molecule has 0 amide bonds.